The highest BCUT2D eigenvalue weighted by molar-refractivity contribution is 5.72. The van der Waals surface area contributed by atoms with E-state index in [9.17, 15) is 34.5 Å². The molecular formula is C42H69NO16. The molecule has 0 spiro atoms. The number of epoxide rings is 1. The molecule has 4 aliphatic heterocycles. The van der Waals surface area contributed by atoms with Crippen molar-refractivity contribution in [1.82, 2.24) is 4.90 Å². The summed E-state index contributed by atoms with van der Waals surface area (Å²) >= 11 is 0. The van der Waals surface area contributed by atoms with Gasteiger partial charge in [0.15, 0.2) is 18.7 Å². The number of ether oxygens (including phenoxy) is 9. The number of aldehydes is 1. The van der Waals surface area contributed by atoms with Crippen molar-refractivity contribution in [3.8, 4) is 0 Å². The molecule has 4 rings (SSSR count). The summed E-state index contributed by atoms with van der Waals surface area (Å²) in [5.74, 6) is -2.82. The Morgan fingerprint density at radius 3 is 2.27 bits per heavy atom. The lowest BCUT2D eigenvalue weighted by Gasteiger charge is -2.50. The quantitative estimate of drug-likeness (QED) is 0.0797. The summed E-state index contributed by atoms with van der Waals surface area (Å²) in [7, 11) is 4.87. The minimum absolute atomic E-state index is 0.00487. The van der Waals surface area contributed by atoms with E-state index in [1.165, 1.54) is 7.11 Å². The molecule has 0 aromatic heterocycles. The normalized spacial score (nSPS) is 42.3. The number of aliphatic hydroxyl groups is 3. The Kier molecular flexibility index (Phi) is 18.3. The van der Waals surface area contributed by atoms with E-state index >= 15 is 0 Å². The van der Waals surface area contributed by atoms with Crippen molar-refractivity contribution >= 4 is 24.2 Å². The molecular weight excluding hydrogens is 774 g/mol. The summed E-state index contributed by atoms with van der Waals surface area (Å²) < 4.78 is 54.6. The summed E-state index contributed by atoms with van der Waals surface area (Å²) in [6.07, 6.45) is -7.41. The van der Waals surface area contributed by atoms with Crippen LogP contribution in [0.4, 0.5) is 0 Å². The number of carbonyl (C=O) groups is 4. The van der Waals surface area contributed by atoms with Crippen molar-refractivity contribution in [2.45, 2.75) is 197 Å². The number of esters is 3. The smallest absolute Gasteiger partial charge is 0.309 e. The van der Waals surface area contributed by atoms with Crippen LogP contribution in [0.2, 0.25) is 0 Å². The Hall–Kier alpha value is -2.58. The molecule has 4 heterocycles. The van der Waals surface area contributed by atoms with Gasteiger partial charge >= 0.3 is 17.9 Å². The first kappa shape index (κ1) is 49.1. The van der Waals surface area contributed by atoms with E-state index in [0.717, 1.165) is 6.29 Å². The van der Waals surface area contributed by atoms with Crippen LogP contribution in [0.15, 0.2) is 12.2 Å². The summed E-state index contributed by atoms with van der Waals surface area (Å²) in [5.41, 5.74) is -1.49. The van der Waals surface area contributed by atoms with Gasteiger partial charge in [0.25, 0.3) is 0 Å². The van der Waals surface area contributed by atoms with Gasteiger partial charge in [-0.15, -0.1) is 0 Å². The maximum absolute atomic E-state index is 13.4. The van der Waals surface area contributed by atoms with Crippen LogP contribution in [0, 0.1) is 11.8 Å². The number of nitrogens with zero attached hydrogens (tertiary/aromatic N) is 1. The number of cyclic esters (lactones) is 1. The highest BCUT2D eigenvalue weighted by Gasteiger charge is 2.53. The largest absolute Gasteiger partial charge is 0.462 e. The molecule has 0 aliphatic carbocycles. The number of hydrogen-bond donors (Lipinski definition) is 3. The lowest BCUT2D eigenvalue weighted by atomic mass is 9.82. The number of likely N-dealkylation sites (N-methyl/N-ethyl adjacent to an activating group) is 1. The second-order valence-electron chi connectivity index (χ2n) is 17.1. The Morgan fingerprint density at radius 1 is 0.949 bits per heavy atom. The van der Waals surface area contributed by atoms with E-state index < -0.39 is 121 Å². The van der Waals surface area contributed by atoms with Crippen LogP contribution in [0.3, 0.4) is 0 Å². The first-order valence-corrected chi connectivity index (χ1v) is 21.1. The van der Waals surface area contributed by atoms with Gasteiger partial charge in [-0.1, -0.05) is 32.9 Å². The molecule has 17 heteroatoms. The van der Waals surface area contributed by atoms with Crippen molar-refractivity contribution in [3.05, 3.63) is 12.2 Å². The molecule has 3 saturated heterocycles. The summed E-state index contributed by atoms with van der Waals surface area (Å²) in [6, 6.07) is -0.783. The molecule has 4 aliphatic rings. The maximum Gasteiger partial charge on any atom is 0.309 e. The van der Waals surface area contributed by atoms with E-state index in [1.54, 1.807) is 65.8 Å². The van der Waals surface area contributed by atoms with Crippen LogP contribution in [0.5, 0.6) is 0 Å². The standard InChI is InChI=1S/C42H69NO16/c1-11-13-32(47)57-40-25(6)53-34(21-42(40,7)50)58-37-24(5)54-41(36(49)35(37)43(8)9)59-38-26(16-17-44)18-22(3)27(45)14-15-28-29(55-28)19-23(4)52-33(48)20-30(39(38)51-10)56-31(46)12-2/h14-15,17,22-30,34-41,45,49-50H,11-13,16,18-21H2,1-10H3. The third kappa shape index (κ3) is 13.2. The topological polar surface area (TPSA) is 219 Å². The molecule has 3 N–H and O–H groups in total. The number of aliphatic hydroxyl groups excluding tert-OH is 2. The minimum Gasteiger partial charge on any atom is -0.462 e. The molecule has 18 atom stereocenters. The predicted molar refractivity (Wildman–Crippen MR) is 209 cm³/mol. The second kappa shape index (κ2) is 22.0. The molecule has 0 bridgehead atoms. The zero-order chi connectivity index (χ0) is 43.8. The third-order valence-corrected chi connectivity index (χ3v) is 11.7. The first-order chi connectivity index (χ1) is 27.8. The summed E-state index contributed by atoms with van der Waals surface area (Å²) in [5, 5.41) is 34.7. The van der Waals surface area contributed by atoms with Crippen LogP contribution in [0.1, 0.15) is 99.8 Å². The second-order valence-corrected chi connectivity index (χ2v) is 17.1. The molecule has 3 fully saturated rings. The van der Waals surface area contributed by atoms with Crippen molar-refractivity contribution in [3.63, 3.8) is 0 Å². The molecule has 59 heavy (non-hydrogen) atoms. The van der Waals surface area contributed by atoms with Gasteiger partial charge in [0.2, 0.25) is 0 Å². The summed E-state index contributed by atoms with van der Waals surface area (Å²) in [4.78, 5) is 52.7. The number of rotatable bonds is 13. The van der Waals surface area contributed by atoms with Crippen LogP contribution in [-0.2, 0) is 61.8 Å². The molecule has 0 saturated carbocycles. The lowest BCUT2D eigenvalue weighted by Crippen LogP contribution is -2.66. The zero-order valence-corrected chi connectivity index (χ0v) is 36.3. The van der Waals surface area contributed by atoms with Crippen LogP contribution >= 0.6 is 0 Å². The highest BCUT2D eigenvalue weighted by atomic mass is 16.7. The van der Waals surface area contributed by atoms with Crippen molar-refractivity contribution in [1.29, 1.82) is 0 Å². The Labute approximate surface area is 348 Å². The Morgan fingerprint density at radius 2 is 1.66 bits per heavy atom. The van der Waals surface area contributed by atoms with Gasteiger partial charge in [0.05, 0.1) is 43.0 Å². The van der Waals surface area contributed by atoms with Crippen LogP contribution in [-0.4, -0.2) is 163 Å². The summed E-state index contributed by atoms with van der Waals surface area (Å²) in [6.45, 7) is 12.0. The molecule has 0 aromatic rings. The fourth-order valence-corrected chi connectivity index (χ4v) is 8.54. The number of hydrogen-bond acceptors (Lipinski definition) is 17. The molecule has 0 amide bonds. The predicted octanol–water partition coefficient (Wildman–Crippen LogP) is 2.37. The van der Waals surface area contributed by atoms with Gasteiger partial charge in [0, 0.05) is 39.2 Å². The molecule has 17 nitrogen and oxygen atoms in total. The number of carbonyl (C=O) groups excluding carboxylic acids is 4. The van der Waals surface area contributed by atoms with Gasteiger partial charge in [-0.2, -0.15) is 0 Å². The molecule has 0 radical (unpaired) electrons. The fraction of sp³-hybridized carbons (Fsp3) is 0.857. The van der Waals surface area contributed by atoms with E-state index in [1.807, 2.05) is 13.8 Å². The van der Waals surface area contributed by atoms with Gasteiger partial charge in [0.1, 0.15) is 48.5 Å². The lowest BCUT2D eigenvalue weighted by molar-refractivity contribution is -0.344. The SMILES string of the molecule is CCCC(=O)OC1C(C)OC(OC2C(C)OC(OC3C(CC=O)CC(C)C(O)C=CC4OC4CC(C)OC(=O)CC(OC(=O)CC)C3OC)C(O)C2N(C)C)CC1(C)O. The van der Waals surface area contributed by atoms with Gasteiger partial charge in [-0.25, -0.2) is 0 Å². The monoisotopic (exact) mass is 843 g/mol. The Balaban J connectivity index is 1.66. The third-order valence-electron chi connectivity index (χ3n) is 11.7. The van der Waals surface area contributed by atoms with E-state index in [4.69, 9.17) is 42.6 Å². The average molecular weight is 844 g/mol. The van der Waals surface area contributed by atoms with Crippen LogP contribution < -0.4 is 0 Å². The maximum atomic E-state index is 13.4. The molecule has 18 unspecified atom stereocenters. The highest BCUT2D eigenvalue weighted by Crippen LogP contribution is 2.38. The molecule has 338 valence electrons. The van der Waals surface area contributed by atoms with E-state index in [0.29, 0.717) is 12.8 Å². The van der Waals surface area contributed by atoms with Crippen LogP contribution in [0.25, 0.3) is 0 Å². The average Bonchev–Trinajstić information content (AvgIpc) is 3.89. The number of methoxy groups -OCH3 is 1. The molecule has 0 aromatic carbocycles. The Bertz CT molecular complexity index is 1410. The van der Waals surface area contributed by atoms with Crippen molar-refractivity contribution in [2.24, 2.45) is 11.8 Å². The fourth-order valence-electron chi connectivity index (χ4n) is 8.54. The zero-order valence-electron chi connectivity index (χ0n) is 36.3. The first-order valence-electron chi connectivity index (χ1n) is 21.1. The minimum atomic E-state index is -1.49. The van der Waals surface area contributed by atoms with Gasteiger partial charge in [-0.05, 0) is 66.5 Å². The van der Waals surface area contributed by atoms with E-state index in [-0.39, 0.29) is 44.3 Å². The van der Waals surface area contributed by atoms with Gasteiger partial charge in [-0.3, -0.25) is 14.4 Å². The van der Waals surface area contributed by atoms with Gasteiger partial charge < -0.3 is 67.6 Å². The number of fused-ring (bicyclic) bond motifs is 1. The van der Waals surface area contributed by atoms with Crippen molar-refractivity contribution in [2.75, 3.05) is 21.2 Å². The van der Waals surface area contributed by atoms with Crippen molar-refractivity contribution < 1.29 is 77.1 Å². The van der Waals surface area contributed by atoms with E-state index in [2.05, 4.69) is 0 Å².